The number of piperidine rings is 1. The molecule has 0 spiro atoms. The molecular weight excluding hydrogens is 327 g/mol. The summed E-state index contributed by atoms with van der Waals surface area (Å²) in [4.78, 5) is 12.8. The van der Waals surface area contributed by atoms with E-state index in [9.17, 15) is 4.79 Å². The number of carbonyl (C=O) groups excluding carboxylic acids is 1. The lowest BCUT2D eigenvalue weighted by Gasteiger charge is -2.34. The van der Waals surface area contributed by atoms with Crippen molar-refractivity contribution in [2.24, 2.45) is 5.41 Å². The summed E-state index contributed by atoms with van der Waals surface area (Å²) < 4.78 is 0. The highest BCUT2D eigenvalue weighted by Crippen LogP contribution is 2.30. The standard InChI is InChI=1S/C15H20Cl2N2OS/c1-15(4-6-18-7-5-15)10-19-14(20)9-21-13-8-11(16)2-3-12(13)17/h2-3,8,18H,4-7,9-10H2,1H3,(H,19,20). The van der Waals surface area contributed by atoms with Crippen LogP contribution in [0, 0.1) is 5.41 Å². The predicted octanol–water partition coefficient (Wildman–Crippen LogP) is 3.59. The Morgan fingerprint density at radius 3 is 2.81 bits per heavy atom. The molecule has 0 atom stereocenters. The molecule has 0 aromatic heterocycles. The van der Waals surface area contributed by atoms with Gasteiger partial charge in [0.25, 0.3) is 0 Å². The molecule has 0 saturated carbocycles. The molecule has 0 radical (unpaired) electrons. The van der Waals surface area contributed by atoms with E-state index in [0.29, 0.717) is 15.8 Å². The van der Waals surface area contributed by atoms with Crippen molar-refractivity contribution in [1.29, 1.82) is 0 Å². The van der Waals surface area contributed by atoms with Crippen molar-refractivity contribution in [2.45, 2.75) is 24.7 Å². The molecule has 0 aliphatic carbocycles. The van der Waals surface area contributed by atoms with Gasteiger partial charge in [0.05, 0.1) is 10.8 Å². The van der Waals surface area contributed by atoms with Crippen LogP contribution in [0.4, 0.5) is 0 Å². The number of amides is 1. The van der Waals surface area contributed by atoms with E-state index in [4.69, 9.17) is 23.2 Å². The Bertz CT molecular complexity index is 504. The van der Waals surface area contributed by atoms with Crippen molar-refractivity contribution in [2.75, 3.05) is 25.4 Å². The topological polar surface area (TPSA) is 41.1 Å². The fourth-order valence-electron chi connectivity index (χ4n) is 2.30. The molecule has 21 heavy (non-hydrogen) atoms. The number of thioether (sulfide) groups is 1. The highest BCUT2D eigenvalue weighted by atomic mass is 35.5. The largest absolute Gasteiger partial charge is 0.355 e. The molecular formula is C15H20Cl2N2OS. The fraction of sp³-hybridized carbons (Fsp3) is 0.533. The van der Waals surface area contributed by atoms with Gasteiger partial charge in [-0.05, 0) is 49.5 Å². The van der Waals surface area contributed by atoms with Gasteiger partial charge in [0.1, 0.15) is 0 Å². The molecule has 1 aromatic rings. The van der Waals surface area contributed by atoms with E-state index in [2.05, 4.69) is 17.6 Å². The van der Waals surface area contributed by atoms with Crippen LogP contribution in [0.1, 0.15) is 19.8 Å². The Hall–Kier alpha value is -0.420. The van der Waals surface area contributed by atoms with E-state index in [-0.39, 0.29) is 11.3 Å². The van der Waals surface area contributed by atoms with Crippen LogP contribution < -0.4 is 10.6 Å². The number of carbonyl (C=O) groups is 1. The summed E-state index contributed by atoms with van der Waals surface area (Å²) in [5.41, 5.74) is 0.208. The lowest BCUT2D eigenvalue weighted by molar-refractivity contribution is -0.119. The minimum atomic E-state index is 0.0378. The molecule has 1 aliphatic rings. The molecule has 1 saturated heterocycles. The maximum atomic E-state index is 12.0. The Morgan fingerprint density at radius 1 is 1.38 bits per heavy atom. The number of hydrogen-bond donors (Lipinski definition) is 2. The zero-order valence-electron chi connectivity index (χ0n) is 12.0. The van der Waals surface area contributed by atoms with Gasteiger partial charge >= 0.3 is 0 Å². The number of rotatable bonds is 5. The van der Waals surface area contributed by atoms with E-state index < -0.39 is 0 Å². The fourth-order valence-corrected chi connectivity index (χ4v) is 3.62. The minimum absolute atomic E-state index is 0.0378. The molecule has 1 fully saturated rings. The molecule has 1 amide bonds. The van der Waals surface area contributed by atoms with Crippen LogP contribution in [-0.4, -0.2) is 31.3 Å². The molecule has 0 bridgehead atoms. The van der Waals surface area contributed by atoms with Crippen molar-refractivity contribution >= 4 is 40.9 Å². The summed E-state index contributed by atoms with van der Waals surface area (Å²) >= 11 is 13.4. The van der Waals surface area contributed by atoms with Crippen LogP contribution in [0.15, 0.2) is 23.1 Å². The van der Waals surface area contributed by atoms with Gasteiger partial charge in [0.15, 0.2) is 0 Å². The number of halogens is 2. The second kappa shape index (κ2) is 7.73. The molecule has 1 aromatic carbocycles. The highest BCUT2D eigenvalue weighted by molar-refractivity contribution is 8.00. The zero-order chi connectivity index (χ0) is 15.3. The first-order valence-electron chi connectivity index (χ1n) is 7.04. The zero-order valence-corrected chi connectivity index (χ0v) is 14.4. The molecule has 2 N–H and O–H groups in total. The molecule has 0 unspecified atom stereocenters. The van der Waals surface area contributed by atoms with Gasteiger partial charge in [-0.25, -0.2) is 0 Å². The van der Waals surface area contributed by atoms with Crippen LogP contribution >= 0.6 is 35.0 Å². The van der Waals surface area contributed by atoms with Gasteiger partial charge in [0.2, 0.25) is 5.91 Å². The van der Waals surface area contributed by atoms with Crippen molar-refractivity contribution in [3.05, 3.63) is 28.2 Å². The Kier molecular flexibility index (Phi) is 6.23. The summed E-state index contributed by atoms with van der Waals surface area (Å²) in [6.07, 6.45) is 2.20. The summed E-state index contributed by atoms with van der Waals surface area (Å²) in [5, 5.41) is 7.63. The Balaban J connectivity index is 1.78. The van der Waals surface area contributed by atoms with Crippen LogP contribution in [-0.2, 0) is 4.79 Å². The first-order valence-corrected chi connectivity index (χ1v) is 8.78. The van der Waals surface area contributed by atoms with Gasteiger partial charge in [0, 0.05) is 16.5 Å². The minimum Gasteiger partial charge on any atom is -0.355 e. The summed E-state index contributed by atoms with van der Waals surface area (Å²) in [7, 11) is 0. The van der Waals surface area contributed by atoms with Gasteiger partial charge < -0.3 is 10.6 Å². The van der Waals surface area contributed by atoms with Crippen LogP contribution in [0.5, 0.6) is 0 Å². The molecule has 116 valence electrons. The summed E-state index contributed by atoms with van der Waals surface area (Å²) in [6, 6.07) is 5.28. The average Bonchev–Trinajstić information content (AvgIpc) is 2.47. The summed E-state index contributed by atoms with van der Waals surface area (Å²) in [6.45, 7) is 5.02. The Morgan fingerprint density at radius 2 is 2.10 bits per heavy atom. The van der Waals surface area contributed by atoms with Crippen molar-refractivity contribution in [1.82, 2.24) is 10.6 Å². The third-order valence-electron chi connectivity index (χ3n) is 3.78. The van der Waals surface area contributed by atoms with Crippen molar-refractivity contribution in [3.63, 3.8) is 0 Å². The van der Waals surface area contributed by atoms with Gasteiger partial charge in [-0.15, -0.1) is 11.8 Å². The van der Waals surface area contributed by atoms with E-state index in [0.717, 1.165) is 37.4 Å². The van der Waals surface area contributed by atoms with E-state index >= 15 is 0 Å². The number of nitrogens with one attached hydrogen (secondary N) is 2. The Labute approximate surface area is 140 Å². The van der Waals surface area contributed by atoms with E-state index in [1.807, 2.05) is 0 Å². The predicted molar refractivity (Wildman–Crippen MR) is 90.4 cm³/mol. The highest BCUT2D eigenvalue weighted by Gasteiger charge is 2.26. The molecule has 3 nitrogen and oxygen atoms in total. The smallest absolute Gasteiger partial charge is 0.230 e. The van der Waals surface area contributed by atoms with Crippen LogP contribution in [0.2, 0.25) is 10.0 Å². The van der Waals surface area contributed by atoms with Gasteiger partial charge in [-0.1, -0.05) is 30.1 Å². The second-order valence-electron chi connectivity index (χ2n) is 5.70. The first kappa shape index (κ1) is 16.9. The molecule has 2 rings (SSSR count). The van der Waals surface area contributed by atoms with Gasteiger partial charge in [-0.2, -0.15) is 0 Å². The van der Waals surface area contributed by atoms with E-state index in [1.54, 1.807) is 18.2 Å². The van der Waals surface area contributed by atoms with Crippen LogP contribution in [0.25, 0.3) is 0 Å². The van der Waals surface area contributed by atoms with Gasteiger partial charge in [-0.3, -0.25) is 4.79 Å². The monoisotopic (exact) mass is 346 g/mol. The SMILES string of the molecule is CC1(CNC(=O)CSc2cc(Cl)ccc2Cl)CCNCC1. The van der Waals surface area contributed by atoms with Crippen molar-refractivity contribution in [3.8, 4) is 0 Å². The lowest BCUT2D eigenvalue weighted by Crippen LogP contribution is -2.43. The van der Waals surface area contributed by atoms with Crippen molar-refractivity contribution < 1.29 is 4.79 Å². The van der Waals surface area contributed by atoms with E-state index in [1.165, 1.54) is 11.8 Å². The molecule has 1 aliphatic heterocycles. The third-order valence-corrected chi connectivity index (χ3v) is 5.51. The second-order valence-corrected chi connectivity index (χ2v) is 7.56. The average molecular weight is 347 g/mol. The molecule has 6 heteroatoms. The third kappa shape index (κ3) is 5.37. The van der Waals surface area contributed by atoms with Crippen LogP contribution in [0.3, 0.4) is 0 Å². The quantitative estimate of drug-likeness (QED) is 0.800. The normalized spacial score (nSPS) is 17.5. The number of hydrogen-bond acceptors (Lipinski definition) is 3. The lowest BCUT2D eigenvalue weighted by atomic mass is 9.81. The maximum absolute atomic E-state index is 12.0. The molecule has 1 heterocycles. The summed E-state index contributed by atoms with van der Waals surface area (Å²) in [5.74, 6) is 0.393. The first-order chi connectivity index (χ1) is 9.98. The maximum Gasteiger partial charge on any atom is 0.230 e. The number of benzene rings is 1.